The van der Waals surface area contributed by atoms with Crippen LogP contribution in [0.5, 0.6) is 0 Å². The number of nitro groups is 1. The third kappa shape index (κ3) is 6.67. The Balaban J connectivity index is 2.22. The Bertz CT molecular complexity index is 975. The van der Waals surface area contributed by atoms with Crippen LogP contribution in [-0.4, -0.2) is 35.6 Å². The van der Waals surface area contributed by atoms with Gasteiger partial charge in [-0.25, -0.2) is 4.79 Å². The van der Waals surface area contributed by atoms with Crippen molar-refractivity contribution < 1.29 is 24.0 Å². The second kappa shape index (κ2) is 11.7. The van der Waals surface area contributed by atoms with E-state index in [2.05, 4.69) is 15.6 Å². The number of nitrogens with zero attached hydrogens (tertiary/aromatic N) is 2. The van der Waals surface area contributed by atoms with E-state index in [4.69, 9.17) is 9.47 Å². The molecule has 10 nitrogen and oxygen atoms in total. The number of hydrogen-bond acceptors (Lipinski definition) is 9. The number of hydrogen-bond donors (Lipinski definition) is 2. The topological polar surface area (TPSA) is 133 Å². The number of benzene rings is 1. The summed E-state index contributed by atoms with van der Waals surface area (Å²) < 4.78 is 9.81. The number of anilines is 1. The predicted molar refractivity (Wildman–Crippen MR) is 113 cm³/mol. The lowest BCUT2D eigenvalue weighted by Crippen LogP contribution is -2.20. The Morgan fingerprint density at radius 1 is 1.23 bits per heavy atom. The maximum atomic E-state index is 12.3. The van der Waals surface area contributed by atoms with Crippen LogP contribution in [0.25, 0.3) is 0 Å². The molecule has 31 heavy (non-hydrogen) atoms. The highest BCUT2D eigenvalue weighted by Crippen LogP contribution is 2.23. The van der Waals surface area contributed by atoms with Crippen LogP contribution >= 0.6 is 0 Å². The number of esters is 2. The average Bonchev–Trinajstić information content (AvgIpc) is 2.79. The molecule has 2 N–H and O–H groups in total. The predicted octanol–water partition coefficient (Wildman–Crippen LogP) is 2.87. The summed E-state index contributed by atoms with van der Waals surface area (Å²) in [5, 5.41) is 16.6. The molecule has 0 spiro atoms. The van der Waals surface area contributed by atoms with E-state index in [0.29, 0.717) is 5.69 Å². The summed E-state index contributed by atoms with van der Waals surface area (Å²) in [4.78, 5) is 39.1. The minimum atomic E-state index is -0.796. The molecule has 0 aliphatic rings. The van der Waals surface area contributed by atoms with Crippen LogP contribution in [0.2, 0.25) is 0 Å². The van der Waals surface area contributed by atoms with Crippen molar-refractivity contribution in [2.45, 2.75) is 12.8 Å². The van der Waals surface area contributed by atoms with E-state index >= 15 is 0 Å². The Morgan fingerprint density at radius 2 is 1.97 bits per heavy atom. The molecule has 10 heteroatoms. The van der Waals surface area contributed by atoms with Crippen molar-refractivity contribution in [1.82, 2.24) is 10.3 Å². The van der Waals surface area contributed by atoms with Crippen LogP contribution in [0, 0.1) is 10.1 Å². The molecule has 1 heterocycles. The molecule has 0 aliphatic heterocycles. The standard InChI is InChI=1S/C21H22N4O6/c1-3-31-20(26)15(16-8-6-7-12-22-16)11-13-23-18(21(27)30-2)14-24-17-9-4-5-10-19(17)25(28)29/h4-15,23-24H,3H2,1-2H3/b13-11+,18-14-. The third-order valence-corrected chi connectivity index (χ3v) is 3.95. The number of aromatic nitrogens is 1. The van der Waals surface area contributed by atoms with Crippen LogP contribution in [0.1, 0.15) is 18.5 Å². The van der Waals surface area contributed by atoms with Crippen LogP contribution in [0.4, 0.5) is 11.4 Å². The second-order valence-corrected chi connectivity index (χ2v) is 5.96. The number of pyridine rings is 1. The number of methoxy groups -OCH3 is 1. The van der Waals surface area contributed by atoms with E-state index in [-0.39, 0.29) is 23.7 Å². The van der Waals surface area contributed by atoms with Crippen molar-refractivity contribution in [3.8, 4) is 0 Å². The smallest absolute Gasteiger partial charge is 0.355 e. The summed E-state index contributed by atoms with van der Waals surface area (Å²) in [6, 6.07) is 11.1. The second-order valence-electron chi connectivity index (χ2n) is 5.96. The highest BCUT2D eigenvalue weighted by molar-refractivity contribution is 5.88. The first-order chi connectivity index (χ1) is 15.0. The summed E-state index contributed by atoms with van der Waals surface area (Å²) in [6.07, 6.45) is 5.65. The van der Waals surface area contributed by atoms with Crippen LogP contribution in [0.3, 0.4) is 0 Å². The Kier molecular flexibility index (Phi) is 8.72. The molecule has 0 aliphatic carbocycles. The summed E-state index contributed by atoms with van der Waals surface area (Å²) in [6.45, 7) is 1.90. The third-order valence-electron chi connectivity index (χ3n) is 3.95. The molecule has 2 rings (SSSR count). The van der Waals surface area contributed by atoms with Gasteiger partial charge in [-0.3, -0.25) is 19.9 Å². The van der Waals surface area contributed by atoms with Gasteiger partial charge in [-0.15, -0.1) is 0 Å². The van der Waals surface area contributed by atoms with E-state index in [1.807, 2.05) is 0 Å². The lowest BCUT2D eigenvalue weighted by molar-refractivity contribution is -0.383. The number of rotatable bonds is 10. The van der Waals surface area contributed by atoms with E-state index in [1.54, 1.807) is 37.4 Å². The number of nitrogens with one attached hydrogen (secondary N) is 2. The molecular weight excluding hydrogens is 404 g/mol. The van der Waals surface area contributed by atoms with Gasteiger partial charge in [0.15, 0.2) is 0 Å². The Morgan fingerprint density at radius 3 is 2.61 bits per heavy atom. The summed E-state index contributed by atoms with van der Waals surface area (Å²) in [5.41, 5.74) is 0.467. The largest absolute Gasteiger partial charge is 0.465 e. The molecular formula is C21H22N4O6. The first-order valence-corrected chi connectivity index (χ1v) is 9.27. The van der Waals surface area contributed by atoms with Gasteiger partial charge in [0.25, 0.3) is 5.69 Å². The Hall–Kier alpha value is -4.21. The van der Waals surface area contributed by atoms with Crippen molar-refractivity contribution >= 4 is 23.3 Å². The molecule has 0 bridgehead atoms. The monoisotopic (exact) mass is 426 g/mol. The fourth-order valence-electron chi connectivity index (χ4n) is 2.50. The minimum Gasteiger partial charge on any atom is -0.465 e. The zero-order chi connectivity index (χ0) is 22.6. The first kappa shape index (κ1) is 23.1. The molecule has 0 radical (unpaired) electrons. The highest BCUT2D eigenvalue weighted by Gasteiger charge is 2.20. The average molecular weight is 426 g/mol. The van der Waals surface area contributed by atoms with Crippen molar-refractivity contribution in [2.75, 3.05) is 19.0 Å². The number of carbonyl (C=O) groups excluding carboxylic acids is 2. The number of nitro benzene ring substituents is 1. The lowest BCUT2D eigenvalue weighted by Gasteiger charge is -2.12. The van der Waals surface area contributed by atoms with Crippen molar-refractivity contribution in [1.29, 1.82) is 0 Å². The van der Waals surface area contributed by atoms with Gasteiger partial charge in [0.1, 0.15) is 17.3 Å². The van der Waals surface area contributed by atoms with Crippen LogP contribution in [0.15, 0.2) is 72.8 Å². The first-order valence-electron chi connectivity index (χ1n) is 9.27. The minimum absolute atomic E-state index is 0.0412. The van der Waals surface area contributed by atoms with Crippen molar-refractivity contribution in [3.05, 3.63) is 88.6 Å². The zero-order valence-electron chi connectivity index (χ0n) is 17.0. The van der Waals surface area contributed by atoms with Gasteiger partial charge in [0, 0.05) is 18.5 Å². The van der Waals surface area contributed by atoms with Gasteiger partial charge in [0.2, 0.25) is 0 Å². The van der Waals surface area contributed by atoms with Gasteiger partial charge in [-0.1, -0.05) is 18.2 Å². The maximum absolute atomic E-state index is 12.3. The van der Waals surface area contributed by atoms with Gasteiger partial charge < -0.3 is 20.1 Å². The zero-order valence-corrected chi connectivity index (χ0v) is 17.0. The van der Waals surface area contributed by atoms with E-state index in [9.17, 15) is 19.7 Å². The molecule has 0 amide bonds. The molecule has 1 aromatic heterocycles. The quantitative estimate of drug-likeness (QED) is 0.255. The summed E-state index contributed by atoms with van der Waals surface area (Å²) >= 11 is 0. The summed E-state index contributed by atoms with van der Waals surface area (Å²) in [5.74, 6) is -2.02. The summed E-state index contributed by atoms with van der Waals surface area (Å²) in [7, 11) is 1.20. The molecule has 162 valence electrons. The molecule has 0 fully saturated rings. The number of ether oxygens (including phenoxy) is 2. The van der Waals surface area contributed by atoms with Crippen LogP contribution in [-0.2, 0) is 19.1 Å². The van der Waals surface area contributed by atoms with Gasteiger partial charge in [0.05, 0.1) is 24.3 Å². The van der Waals surface area contributed by atoms with Crippen molar-refractivity contribution in [3.63, 3.8) is 0 Å². The van der Waals surface area contributed by atoms with Gasteiger partial charge in [-0.05, 0) is 37.4 Å². The SMILES string of the molecule is CCOC(=O)C(/C=C/N/C(=C\Nc1ccccc1[N+](=O)[O-])C(=O)OC)c1ccccn1. The molecule has 0 saturated heterocycles. The Labute approximate surface area is 178 Å². The molecule has 0 saturated carbocycles. The molecule has 1 atom stereocenters. The van der Waals surface area contributed by atoms with Gasteiger partial charge in [-0.2, -0.15) is 0 Å². The molecule has 2 aromatic rings. The van der Waals surface area contributed by atoms with E-state index in [1.165, 1.54) is 43.8 Å². The number of carbonyl (C=O) groups is 2. The number of para-hydroxylation sites is 2. The van der Waals surface area contributed by atoms with E-state index in [0.717, 1.165) is 0 Å². The fourth-order valence-corrected chi connectivity index (χ4v) is 2.50. The lowest BCUT2D eigenvalue weighted by atomic mass is 10.1. The van der Waals surface area contributed by atoms with Crippen LogP contribution < -0.4 is 10.6 Å². The molecule has 1 aromatic carbocycles. The fraction of sp³-hybridized carbons (Fsp3) is 0.190. The molecule has 1 unspecified atom stereocenters. The highest BCUT2D eigenvalue weighted by atomic mass is 16.6. The van der Waals surface area contributed by atoms with Gasteiger partial charge >= 0.3 is 11.9 Å². The normalized spacial score (nSPS) is 12.1. The maximum Gasteiger partial charge on any atom is 0.355 e. The van der Waals surface area contributed by atoms with E-state index < -0.39 is 22.8 Å². The van der Waals surface area contributed by atoms with Crippen molar-refractivity contribution in [2.24, 2.45) is 0 Å².